The molecule has 0 aliphatic carbocycles. The van der Waals surface area contributed by atoms with E-state index in [1.54, 1.807) is 36.4 Å². The molecule has 1 aliphatic heterocycles. The van der Waals surface area contributed by atoms with Gasteiger partial charge in [-0.1, -0.05) is 53.1 Å². The van der Waals surface area contributed by atoms with E-state index in [0.717, 1.165) is 25.3 Å². The summed E-state index contributed by atoms with van der Waals surface area (Å²) in [6.07, 6.45) is 0.329. The largest absolute Gasteiger partial charge is 0.387 e. The van der Waals surface area contributed by atoms with Crippen molar-refractivity contribution < 1.29 is 30.4 Å². The van der Waals surface area contributed by atoms with Gasteiger partial charge in [-0.25, -0.2) is 25.3 Å². The van der Waals surface area contributed by atoms with E-state index in [1.165, 1.54) is 47.6 Å². The fraction of sp³-hybridized carbons (Fsp3) is 0.419. The molecular weight excluding hydrogens is 623 g/mol. The van der Waals surface area contributed by atoms with Crippen LogP contribution in [0.15, 0.2) is 87.5 Å². The quantitative estimate of drug-likeness (QED) is 0.427. The van der Waals surface area contributed by atoms with Gasteiger partial charge in [0.2, 0.25) is 30.1 Å². The lowest BCUT2D eigenvalue weighted by Crippen LogP contribution is -2.52. The maximum Gasteiger partial charge on any atom is 0.243 e. The minimum atomic E-state index is -4.12. The molecule has 0 saturated carbocycles. The highest BCUT2D eigenvalue weighted by Gasteiger charge is 2.38. The van der Waals surface area contributed by atoms with Crippen molar-refractivity contribution in [2.75, 3.05) is 39.3 Å². The molecular formula is C31H41N3O7S3. The van der Waals surface area contributed by atoms with Gasteiger partial charge in [0.15, 0.2) is 0 Å². The average Bonchev–Trinajstić information content (AvgIpc) is 2.95. The Morgan fingerprint density at radius 2 is 0.750 bits per heavy atom. The summed E-state index contributed by atoms with van der Waals surface area (Å²) in [7, 11) is -12.2. The first-order valence-corrected chi connectivity index (χ1v) is 18.8. The second-order valence-corrected chi connectivity index (χ2v) is 17.5. The number of aryl methyl sites for hydroxylation is 3. The van der Waals surface area contributed by atoms with Crippen LogP contribution in [-0.4, -0.2) is 88.1 Å². The predicted molar refractivity (Wildman–Crippen MR) is 170 cm³/mol. The molecule has 1 N–H and O–H groups in total. The second kappa shape index (κ2) is 13.4. The van der Waals surface area contributed by atoms with Crippen molar-refractivity contribution in [1.82, 2.24) is 12.9 Å². The minimum absolute atomic E-state index is 0.00296. The number of β-amino-alcohol motifs (C(OH)–C–C–N with tert-alkyl or cyclic N) is 1. The van der Waals surface area contributed by atoms with Crippen molar-refractivity contribution in [2.45, 2.75) is 60.8 Å². The Bertz CT molecular complexity index is 1660. The van der Waals surface area contributed by atoms with Gasteiger partial charge in [-0.05, 0) is 76.9 Å². The monoisotopic (exact) mass is 663 g/mol. The molecule has 0 bridgehead atoms. The Balaban J connectivity index is 1.74. The van der Waals surface area contributed by atoms with Crippen LogP contribution in [0.1, 0.15) is 36.5 Å². The molecule has 10 nitrogen and oxygen atoms in total. The van der Waals surface area contributed by atoms with E-state index in [0.29, 0.717) is 0 Å². The molecule has 1 fully saturated rings. The molecule has 0 aromatic heterocycles. The van der Waals surface area contributed by atoms with Crippen LogP contribution < -0.4 is 0 Å². The van der Waals surface area contributed by atoms with E-state index in [-0.39, 0.29) is 53.7 Å². The summed E-state index contributed by atoms with van der Waals surface area (Å²) in [5.74, 6) is 0. The Morgan fingerprint density at radius 1 is 0.500 bits per heavy atom. The van der Waals surface area contributed by atoms with Gasteiger partial charge < -0.3 is 5.11 Å². The molecule has 13 heteroatoms. The van der Waals surface area contributed by atoms with Gasteiger partial charge in [0, 0.05) is 39.3 Å². The fourth-order valence-electron chi connectivity index (χ4n) is 5.16. The van der Waals surface area contributed by atoms with Gasteiger partial charge in [-0.15, -0.1) is 0 Å². The molecule has 1 saturated heterocycles. The third-order valence-corrected chi connectivity index (χ3v) is 13.3. The molecule has 0 atom stereocenters. The van der Waals surface area contributed by atoms with Crippen LogP contribution in [0, 0.1) is 20.8 Å². The van der Waals surface area contributed by atoms with Crippen LogP contribution in [0.4, 0.5) is 0 Å². The average molecular weight is 664 g/mol. The highest BCUT2D eigenvalue weighted by Crippen LogP contribution is 2.25. The van der Waals surface area contributed by atoms with Crippen molar-refractivity contribution in [1.29, 1.82) is 0 Å². The lowest BCUT2D eigenvalue weighted by atomic mass is 10.1. The molecule has 44 heavy (non-hydrogen) atoms. The van der Waals surface area contributed by atoms with Crippen molar-refractivity contribution in [2.24, 2.45) is 0 Å². The number of aliphatic hydroxyl groups is 1. The Labute approximate surface area is 262 Å². The zero-order chi connectivity index (χ0) is 32.3. The molecule has 1 heterocycles. The van der Waals surface area contributed by atoms with Crippen molar-refractivity contribution in [3.63, 3.8) is 0 Å². The van der Waals surface area contributed by atoms with Gasteiger partial charge in [0.05, 0.1) is 20.3 Å². The molecule has 0 unspecified atom stereocenters. The summed E-state index contributed by atoms with van der Waals surface area (Å²) in [5, 5.41) is 11.5. The first-order valence-electron chi connectivity index (χ1n) is 14.5. The summed E-state index contributed by atoms with van der Waals surface area (Å²) in [6.45, 7) is 5.99. The SMILES string of the molecule is Cc1ccc(S(=O)(=O)N2CCCN(S(=O)(=O)c3ccc(C)cc3)CC(C)(O)CN(S(=O)(=O)c3ccc(C)cc3)CCC2)cc1. The zero-order valence-electron chi connectivity index (χ0n) is 25.5. The molecule has 0 spiro atoms. The molecule has 0 amide bonds. The maximum atomic E-state index is 13.8. The second-order valence-electron chi connectivity index (χ2n) is 11.7. The third kappa shape index (κ3) is 7.94. The van der Waals surface area contributed by atoms with Crippen LogP contribution in [0.25, 0.3) is 0 Å². The normalized spacial score (nSPS) is 18.8. The van der Waals surface area contributed by atoms with Gasteiger partial charge in [-0.2, -0.15) is 12.9 Å². The maximum absolute atomic E-state index is 13.8. The summed E-state index contributed by atoms with van der Waals surface area (Å²) in [6, 6.07) is 19.1. The Kier molecular flexibility index (Phi) is 10.4. The van der Waals surface area contributed by atoms with E-state index in [1.807, 2.05) is 20.8 Å². The predicted octanol–water partition coefficient (Wildman–Crippen LogP) is 3.53. The first-order chi connectivity index (χ1) is 20.5. The Hall–Kier alpha value is -2.65. The number of sulfonamides is 3. The van der Waals surface area contributed by atoms with Crippen LogP contribution in [0.2, 0.25) is 0 Å². The standard InChI is InChI=1S/C31H41N3O7S3/c1-25-7-13-28(14-8-25)42(36,37)32-19-5-21-33(43(38,39)29-15-9-26(2)10-16-29)23-31(4,35)24-34(22-6-20-32)44(40,41)30-17-11-27(3)12-18-30/h7-18,35H,5-6,19-24H2,1-4H3. The van der Waals surface area contributed by atoms with E-state index >= 15 is 0 Å². The lowest BCUT2D eigenvalue weighted by molar-refractivity contribution is 0.0221. The van der Waals surface area contributed by atoms with Crippen LogP contribution in [0.5, 0.6) is 0 Å². The highest BCUT2D eigenvalue weighted by atomic mass is 32.2. The minimum Gasteiger partial charge on any atom is -0.387 e. The Morgan fingerprint density at radius 3 is 1.05 bits per heavy atom. The smallest absolute Gasteiger partial charge is 0.243 e. The summed E-state index contributed by atoms with van der Waals surface area (Å²) in [4.78, 5) is 0.157. The van der Waals surface area contributed by atoms with E-state index < -0.39 is 48.8 Å². The first kappa shape index (κ1) is 34.2. The molecule has 240 valence electrons. The molecule has 4 rings (SSSR count). The number of hydrogen-bond acceptors (Lipinski definition) is 7. The number of nitrogens with zero attached hydrogens (tertiary/aromatic N) is 3. The van der Waals surface area contributed by atoms with Crippen molar-refractivity contribution in [3.05, 3.63) is 89.5 Å². The number of benzene rings is 3. The number of hydrogen-bond donors (Lipinski definition) is 1. The van der Waals surface area contributed by atoms with Gasteiger partial charge in [-0.3, -0.25) is 0 Å². The van der Waals surface area contributed by atoms with Crippen molar-refractivity contribution in [3.8, 4) is 0 Å². The van der Waals surface area contributed by atoms with Crippen LogP contribution in [0.3, 0.4) is 0 Å². The molecule has 0 radical (unpaired) electrons. The summed E-state index contributed by atoms with van der Waals surface area (Å²) < 4.78 is 86.2. The molecule has 1 aliphatic rings. The molecule has 3 aromatic carbocycles. The van der Waals surface area contributed by atoms with Gasteiger partial charge >= 0.3 is 0 Å². The topological polar surface area (TPSA) is 132 Å². The van der Waals surface area contributed by atoms with Gasteiger partial charge in [0.1, 0.15) is 0 Å². The van der Waals surface area contributed by atoms with Crippen LogP contribution in [-0.2, 0) is 30.1 Å². The summed E-state index contributed by atoms with van der Waals surface area (Å²) in [5.41, 5.74) is 0.887. The molecule has 3 aromatic rings. The third-order valence-electron chi connectivity index (χ3n) is 7.64. The fourth-order valence-corrected chi connectivity index (χ4v) is 9.86. The lowest BCUT2D eigenvalue weighted by Gasteiger charge is -2.36. The van der Waals surface area contributed by atoms with Crippen molar-refractivity contribution >= 4 is 30.1 Å². The van der Waals surface area contributed by atoms with E-state index in [4.69, 9.17) is 0 Å². The summed E-state index contributed by atoms with van der Waals surface area (Å²) >= 11 is 0. The van der Waals surface area contributed by atoms with Crippen LogP contribution >= 0.6 is 0 Å². The highest BCUT2D eigenvalue weighted by molar-refractivity contribution is 7.89. The number of rotatable bonds is 6. The van der Waals surface area contributed by atoms with Gasteiger partial charge in [0.25, 0.3) is 0 Å². The van der Waals surface area contributed by atoms with E-state index in [9.17, 15) is 30.4 Å². The zero-order valence-corrected chi connectivity index (χ0v) is 28.0. The van der Waals surface area contributed by atoms with E-state index in [2.05, 4.69) is 0 Å².